The number of hydrogen-bond donors (Lipinski definition) is 0. The molecule has 0 saturated carbocycles. The second-order valence-corrected chi connectivity index (χ2v) is 8.55. The summed E-state index contributed by atoms with van der Waals surface area (Å²) in [6, 6.07) is 24.4. The SMILES string of the molecule is Cc1cccc(N=c2scc(-c3ccc(Cl)cc3Cl)n2CCc2ccccc2)c1. The van der Waals surface area contributed by atoms with E-state index in [0.717, 1.165) is 34.7 Å². The van der Waals surface area contributed by atoms with Crippen molar-refractivity contribution >= 4 is 40.2 Å². The van der Waals surface area contributed by atoms with E-state index in [2.05, 4.69) is 53.3 Å². The third-order valence-electron chi connectivity index (χ3n) is 4.70. The summed E-state index contributed by atoms with van der Waals surface area (Å²) in [6.07, 6.45) is 0.913. The standard InChI is InChI=1S/C24H20Cl2N2S/c1-17-6-5-9-20(14-17)27-24-28(13-12-18-7-3-2-4-8-18)23(16-29-24)21-11-10-19(25)15-22(21)26/h2-11,14-16H,12-13H2,1H3. The van der Waals surface area contributed by atoms with Crippen LogP contribution in [0.4, 0.5) is 5.69 Å². The Bertz CT molecular complexity index is 1190. The first-order chi connectivity index (χ1) is 14.1. The number of rotatable bonds is 5. The summed E-state index contributed by atoms with van der Waals surface area (Å²) < 4.78 is 2.25. The molecule has 0 bridgehead atoms. The number of nitrogens with zero attached hydrogens (tertiary/aromatic N) is 2. The zero-order chi connectivity index (χ0) is 20.2. The summed E-state index contributed by atoms with van der Waals surface area (Å²) in [5, 5.41) is 3.40. The van der Waals surface area contributed by atoms with Crippen molar-refractivity contribution in [2.45, 2.75) is 19.9 Å². The molecule has 2 nitrogen and oxygen atoms in total. The highest BCUT2D eigenvalue weighted by molar-refractivity contribution is 7.07. The Hall–Kier alpha value is -2.33. The lowest BCUT2D eigenvalue weighted by Crippen LogP contribution is -2.17. The molecular weight excluding hydrogens is 419 g/mol. The average molecular weight is 439 g/mol. The first-order valence-electron chi connectivity index (χ1n) is 9.39. The zero-order valence-corrected chi connectivity index (χ0v) is 18.3. The molecule has 1 heterocycles. The van der Waals surface area contributed by atoms with Gasteiger partial charge in [-0.1, -0.05) is 65.7 Å². The maximum absolute atomic E-state index is 6.52. The smallest absolute Gasteiger partial charge is 0.190 e. The molecule has 0 N–H and O–H groups in total. The molecule has 29 heavy (non-hydrogen) atoms. The molecule has 0 aliphatic carbocycles. The third-order valence-corrected chi connectivity index (χ3v) is 6.11. The molecular formula is C24H20Cl2N2S. The van der Waals surface area contributed by atoms with Gasteiger partial charge in [-0.25, -0.2) is 4.99 Å². The first kappa shape index (κ1) is 20.0. The summed E-state index contributed by atoms with van der Waals surface area (Å²) in [4.78, 5) is 5.87. The van der Waals surface area contributed by atoms with Crippen LogP contribution in [-0.2, 0) is 13.0 Å². The molecule has 0 atom stereocenters. The Morgan fingerprint density at radius 2 is 1.76 bits per heavy atom. The van der Waals surface area contributed by atoms with Crippen molar-refractivity contribution in [2.24, 2.45) is 4.99 Å². The zero-order valence-electron chi connectivity index (χ0n) is 16.0. The lowest BCUT2D eigenvalue weighted by molar-refractivity contribution is 0.684. The number of hydrogen-bond acceptors (Lipinski definition) is 2. The summed E-state index contributed by atoms with van der Waals surface area (Å²) in [5.74, 6) is 0. The highest BCUT2D eigenvalue weighted by atomic mass is 35.5. The van der Waals surface area contributed by atoms with Crippen LogP contribution in [0.25, 0.3) is 11.3 Å². The van der Waals surface area contributed by atoms with Crippen molar-refractivity contribution in [1.29, 1.82) is 0 Å². The Morgan fingerprint density at radius 1 is 0.931 bits per heavy atom. The van der Waals surface area contributed by atoms with E-state index in [9.17, 15) is 0 Å². The summed E-state index contributed by atoms with van der Waals surface area (Å²) in [6.45, 7) is 2.89. The van der Waals surface area contributed by atoms with E-state index in [4.69, 9.17) is 28.2 Å². The fourth-order valence-electron chi connectivity index (χ4n) is 3.24. The average Bonchev–Trinajstić information content (AvgIpc) is 3.09. The number of halogens is 2. The molecule has 0 aliphatic rings. The summed E-state index contributed by atoms with van der Waals surface area (Å²) in [5.41, 5.74) is 5.46. The molecule has 0 fully saturated rings. The Kier molecular flexibility index (Phi) is 6.19. The van der Waals surface area contributed by atoms with Crippen LogP contribution < -0.4 is 4.80 Å². The van der Waals surface area contributed by atoms with Crippen LogP contribution >= 0.6 is 34.5 Å². The molecule has 0 radical (unpaired) electrons. The maximum Gasteiger partial charge on any atom is 0.190 e. The molecule has 0 amide bonds. The molecule has 4 aromatic rings. The van der Waals surface area contributed by atoms with Crippen molar-refractivity contribution in [1.82, 2.24) is 4.57 Å². The van der Waals surface area contributed by atoms with Crippen molar-refractivity contribution in [2.75, 3.05) is 0 Å². The normalized spacial score (nSPS) is 11.8. The summed E-state index contributed by atoms with van der Waals surface area (Å²) in [7, 11) is 0. The van der Waals surface area contributed by atoms with Gasteiger partial charge < -0.3 is 4.57 Å². The number of benzene rings is 3. The van der Waals surface area contributed by atoms with Crippen LogP contribution in [0, 0.1) is 6.92 Å². The second-order valence-electron chi connectivity index (χ2n) is 6.87. The molecule has 0 spiro atoms. The fraction of sp³-hybridized carbons (Fsp3) is 0.125. The lowest BCUT2D eigenvalue weighted by Gasteiger charge is -2.11. The fourth-order valence-corrected chi connectivity index (χ4v) is 4.69. The predicted molar refractivity (Wildman–Crippen MR) is 124 cm³/mol. The number of aryl methyl sites for hydroxylation is 2. The highest BCUT2D eigenvalue weighted by Gasteiger charge is 2.12. The second kappa shape index (κ2) is 9.00. The van der Waals surface area contributed by atoms with Crippen molar-refractivity contribution < 1.29 is 0 Å². The summed E-state index contributed by atoms with van der Waals surface area (Å²) >= 11 is 14.2. The largest absolute Gasteiger partial charge is 0.316 e. The number of aromatic nitrogens is 1. The van der Waals surface area contributed by atoms with E-state index < -0.39 is 0 Å². The monoisotopic (exact) mass is 438 g/mol. The molecule has 146 valence electrons. The van der Waals surface area contributed by atoms with Gasteiger partial charge in [0.1, 0.15) is 0 Å². The maximum atomic E-state index is 6.52. The molecule has 4 rings (SSSR count). The van der Waals surface area contributed by atoms with Crippen molar-refractivity contribution in [3.05, 3.63) is 104 Å². The van der Waals surface area contributed by atoms with Gasteiger partial charge in [-0.05, 0) is 54.8 Å². The first-order valence-corrected chi connectivity index (χ1v) is 11.0. The molecule has 0 saturated heterocycles. The number of thiazole rings is 1. The minimum absolute atomic E-state index is 0.634. The van der Waals surface area contributed by atoms with Crippen LogP contribution in [0.1, 0.15) is 11.1 Å². The van der Waals surface area contributed by atoms with Crippen molar-refractivity contribution in [3.63, 3.8) is 0 Å². The van der Waals surface area contributed by atoms with E-state index in [-0.39, 0.29) is 0 Å². The molecule has 5 heteroatoms. The van der Waals surface area contributed by atoms with E-state index in [1.807, 2.05) is 30.3 Å². The van der Waals surface area contributed by atoms with Gasteiger partial charge in [0, 0.05) is 22.5 Å². The van der Waals surface area contributed by atoms with Gasteiger partial charge in [-0.15, -0.1) is 11.3 Å². The minimum Gasteiger partial charge on any atom is -0.316 e. The van der Waals surface area contributed by atoms with Crippen LogP contribution in [0.3, 0.4) is 0 Å². The topological polar surface area (TPSA) is 17.3 Å². The molecule has 1 aromatic heterocycles. The van der Waals surface area contributed by atoms with Crippen LogP contribution in [0.15, 0.2) is 83.2 Å². The van der Waals surface area contributed by atoms with Gasteiger partial charge in [-0.2, -0.15) is 0 Å². The van der Waals surface area contributed by atoms with Crippen LogP contribution in [-0.4, -0.2) is 4.57 Å². The Balaban J connectivity index is 1.80. The van der Waals surface area contributed by atoms with Crippen LogP contribution in [0.5, 0.6) is 0 Å². The van der Waals surface area contributed by atoms with Gasteiger partial charge in [0.15, 0.2) is 4.80 Å². The third kappa shape index (κ3) is 4.81. The van der Waals surface area contributed by atoms with E-state index in [1.165, 1.54) is 11.1 Å². The highest BCUT2D eigenvalue weighted by Crippen LogP contribution is 2.31. The van der Waals surface area contributed by atoms with E-state index in [0.29, 0.717) is 10.0 Å². The molecule has 0 unspecified atom stereocenters. The van der Waals surface area contributed by atoms with Gasteiger partial charge in [-0.3, -0.25) is 0 Å². The van der Waals surface area contributed by atoms with Crippen molar-refractivity contribution in [3.8, 4) is 11.3 Å². The van der Waals surface area contributed by atoms with Crippen LogP contribution in [0.2, 0.25) is 10.0 Å². The predicted octanol–water partition coefficient (Wildman–Crippen LogP) is 7.31. The lowest BCUT2D eigenvalue weighted by atomic mass is 10.1. The minimum atomic E-state index is 0.634. The quantitative estimate of drug-likeness (QED) is 0.310. The van der Waals surface area contributed by atoms with E-state index in [1.54, 1.807) is 17.4 Å². The Labute approximate surface area is 184 Å². The van der Waals surface area contributed by atoms with E-state index >= 15 is 0 Å². The van der Waals surface area contributed by atoms with Gasteiger partial charge in [0.05, 0.1) is 16.4 Å². The van der Waals surface area contributed by atoms with Gasteiger partial charge in [0.2, 0.25) is 0 Å². The van der Waals surface area contributed by atoms with Gasteiger partial charge in [0.25, 0.3) is 0 Å². The molecule has 0 aliphatic heterocycles. The molecule has 3 aromatic carbocycles. The Morgan fingerprint density at radius 3 is 2.52 bits per heavy atom. The van der Waals surface area contributed by atoms with Gasteiger partial charge >= 0.3 is 0 Å².